The van der Waals surface area contributed by atoms with E-state index in [4.69, 9.17) is 11.6 Å². The van der Waals surface area contributed by atoms with E-state index in [9.17, 15) is 5.11 Å². The van der Waals surface area contributed by atoms with Crippen molar-refractivity contribution in [1.82, 2.24) is 5.32 Å². The summed E-state index contributed by atoms with van der Waals surface area (Å²) in [6.07, 6.45) is 4.66. The highest BCUT2D eigenvalue weighted by Crippen LogP contribution is 2.38. The van der Waals surface area contributed by atoms with Crippen LogP contribution in [0.5, 0.6) is 0 Å². The van der Waals surface area contributed by atoms with Crippen LogP contribution < -0.4 is 5.32 Å². The first-order valence-corrected chi connectivity index (χ1v) is 8.25. The molecule has 106 valence electrons. The van der Waals surface area contributed by atoms with Crippen molar-refractivity contribution in [2.75, 3.05) is 19.4 Å². The summed E-state index contributed by atoms with van der Waals surface area (Å²) in [4.78, 5) is 1.23. The lowest BCUT2D eigenvalue weighted by Crippen LogP contribution is -2.49. The van der Waals surface area contributed by atoms with Gasteiger partial charge >= 0.3 is 0 Å². The van der Waals surface area contributed by atoms with Gasteiger partial charge in [0, 0.05) is 15.5 Å². The van der Waals surface area contributed by atoms with Crippen molar-refractivity contribution in [1.29, 1.82) is 0 Å². The van der Waals surface area contributed by atoms with Crippen molar-refractivity contribution in [2.24, 2.45) is 5.92 Å². The molecule has 0 radical (unpaired) electrons. The first-order valence-electron chi connectivity index (χ1n) is 6.88. The summed E-state index contributed by atoms with van der Waals surface area (Å²) in [5.74, 6) is 1.66. The van der Waals surface area contributed by atoms with E-state index in [0.717, 1.165) is 23.6 Å². The first-order chi connectivity index (χ1) is 9.20. The molecule has 0 bridgehead atoms. The molecule has 4 heteroatoms. The Labute approximate surface area is 124 Å². The Hall–Kier alpha value is -0.220. The van der Waals surface area contributed by atoms with Crippen LogP contribution in [-0.2, 0) is 0 Å². The van der Waals surface area contributed by atoms with Crippen molar-refractivity contribution >= 4 is 23.4 Å². The summed E-state index contributed by atoms with van der Waals surface area (Å²) in [6.45, 7) is 0.246. The number of hydrogen-bond acceptors (Lipinski definition) is 3. The third-order valence-corrected chi connectivity index (χ3v) is 5.53. The van der Waals surface area contributed by atoms with Crippen molar-refractivity contribution in [3.63, 3.8) is 0 Å². The number of rotatable bonds is 6. The van der Waals surface area contributed by atoms with Crippen molar-refractivity contribution in [2.45, 2.75) is 36.1 Å². The molecule has 0 heterocycles. The van der Waals surface area contributed by atoms with E-state index in [0.29, 0.717) is 5.92 Å². The van der Waals surface area contributed by atoms with Gasteiger partial charge in [-0.25, -0.2) is 0 Å². The number of likely N-dealkylation sites (N-methyl/N-ethyl adjacent to an activating group) is 1. The minimum Gasteiger partial charge on any atom is -0.394 e. The standard InChI is InChI=1S/C15H22ClNOS/c1-17-15(11-18)8-3-4-12(15)7-9-19-14-6-2-5-13(16)10-14/h2,5-6,10,12,17-18H,3-4,7-9,11H2,1H3. The van der Waals surface area contributed by atoms with E-state index < -0.39 is 0 Å². The zero-order valence-corrected chi connectivity index (χ0v) is 12.9. The largest absolute Gasteiger partial charge is 0.394 e. The Bertz CT molecular complexity index is 409. The normalized spacial score (nSPS) is 26.8. The van der Waals surface area contributed by atoms with Gasteiger partial charge in [-0.05, 0) is 56.2 Å². The third kappa shape index (κ3) is 3.66. The molecule has 1 saturated carbocycles. The lowest BCUT2D eigenvalue weighted by molar-refractivity contribution is 0.130. The highest BCUT2D eigenvalue weighted by molar-refractivity contribution is 7.99. The summed E-state index contributed by atoms with van der Waals surface area (Å²) in [6, 6.07) is 8.01. The Kier molecular flexibility index (Phi) is 5.58. The zero-order chi connectivity index (χ0) is 13.7. The molecular weight excluding hydrogens is 278 g/mol. The molecule has 1 aliphatic carbocycles. The quantitative estimate of drug-likeness (QED) is 0.788. The van der Waals surface area contributed by atoms with Crippen LogP contribution in [0.25, 0.3) is 0 Å². The summed E-state index contributed by atoms with van der Waals surface area (Å²) >= 11 is 7.83. The van der Waals surface area contributed by atoms with Crippen LogP contribution in [0.1, 0.15) is 25.7 Å². The Morgan fingerprint density at radius 3 is 3.05 bits per heavy atom. The number of halogens is 1. The van der Waals surface area contributed by atoms with Crippen LogP contribution in [-0.4, -0.2) is 30.1 Å². The van der Waals surface area contributed by atoms with Crippen LogP contribution in [0.3, 0.4) is 0 Å². The second-order valence-corrected chi connectivity index (χ2v) is 6.85. The van der Waals surface area contributed by atoms with Crippen LogP contribution in [0.4, 0.5) is 0 Å². The predicted molar refractivity (Wildman–Crippen MR) is 83.0 cm³/mol. The number of thioether (sulfide) groups is 1. The van der Waals surface area contributed by atoms with Gasteiger partial charge in [-0.15, -0.1) is 11.8 Å². The molecule has 1 aromatic carbocycles. The smallest absolute Gasteiger partial charge is 0.0615 e. The molecule has 2 nitrogen and oxygen atoms in total. The van der Waals surface area contributed by atoms with Crippen LogP contribution in [0.2, 0.25) is 5.02 Å². The molecule has 0 spiro atoms. The molecule has 1 aliphatic rings. The van der Waals surface area contributed by atoms with Crippen LogP contribution in [0, 0.1) is 5.92 Å². The zero-order valence-electron chi connectivity index (χ0n) is 11.4. The predicted octanol–water partition coefficient (Wildman–Crippen LogP) is 3.57. The summed E-state index contributed by atoms with van der Waals surface area (Å²) in [5, 5.41) is 13.8. The maximum atomic E-state index is 9.65. The second-order valence-electron chi connectivity index (χ2n) is 5.25. The van der Waals surface area contributed by atoms with Gasteiger partial charge in [0.25, 0.3) is 0 Å². The Balaban J connectivity index is 1.85. The fourth-order valence-corrected chi connectivity index (χ4v) is 4.34. The highest BCUT2D eigenvalue weighted by Gasteiger charge is 2.40. The molecule has 1 aromatic rings. The van der Waals surface area contributed by atoms with E-state index in [1.165, 1.54) is 17.7 Å². The monoisotopic (exact) mass is 299 g/mol. The molecule has 0 aromatic heterocycles. The molecule has 0 amide bonds. The van der Waals surface area contributed by atoms with Gasteiger partial charge in [-0.2, -0.15) is 0 Å². The summed E-state index contributed by atoms with van der Waals surface area (Å²) < 4.78 is 0. The molecule has 1 fully saturated rings. The van der Waals surface area contributed by atoms with Crippen LogP contribution in [0.15, 0.2) is 29.2 Å². The van der Waals surface area contributed by atoms with Gasteiger partial charge in [-0.1, -0.05) is 24.1 Å². The third-order valence-electron chi connectivity index (χ3n) is 4.27. The number of nitrogens with one attached hydrogen (secondary N) is 1. The van der Waals surface area contributed by atoms with E-state index >= 15 is 0 Å². The minimum atomic E-state index is -0.0467. The van der Waals surface area contributed by atoms with Crippen molar-refractivity contribution in [3.05, 3.63) is 29.3 Å². The lowest BCUT2D eigenvalue weighted by atomic mass is 9.86. The van der Waals surface area contributed by atoms with Gasteiger partial charge in [0.2, 0.25) is 0 Å². The number of aliphatic hydroxyl groups excluding tert-OH is 1. The molecule has 19 heavy (non-hydrogen) atoms. The maximum Gasteiger partial charge on any atom is 0.0615 e. The second kappa shape index (κ2) is 6.98. The average Bonchev–Trinajstić information content (AvgIpc) is 2.82. The first kappa shape index (κ1) is 15.2. The SMILES string of the molecule is CNC1(CO)CCCC1CCSc1cccc(Cl)c1. The fourth-order valence-electron chi connectivity index (χ4n) is 3.06. The molecule has 0 aliphatic heterocycles. The maximum absolute atomic E-state index is 9.65. The van der Waals surface area contributed by atoms with Crippen LogP contribution >= 0.6 is 23.4 Å². The molecule has 2 rings (SSSR count). The highest BCUT2D eigenvalue weighted by atomic mass is 35.5. The number of benzene rings is 1. The van der Waals surface area contributed by atoms with Crippen molar-refractivity contribution < 1.29 is 5.11 Å². The van der Waals surface area contributed by atoms with Gasteiger partial charge in [-0.3, -0.25) is 0 Å². The fraction of sp³-hybridized carbons (Fsp3) is 0.600. The molecule has 0 saturated heterocycles. The molecule has 2 N–H and O–H groups in total. The summed E-state index contributed by atoms with van der Waals surface area (Å²) in [5.41, 5.74) is -0.0467. The topological polar surface area (TPSA) is 32.3 Å². The molecular formula is C15H22ClNOS. The van der Waals surface area contributed by atoms with Gasteiger partial charge in [0.1, 0.15) is 0 Å². The van der Waals surface area contributed by atoms with Gasteiger partial charge < -0.3 is 10.4 Å². The minimum absolute atomic E-state index is 0.0467. The lowest BCUT2D eigenvalue weighted by Gasteiger charge is -2.33. The average molecular weight is 300 g/mol. The number of aliphatic hydroxyl groups is 1. The number of hydrogen-bond donors (Lipinski definition) is 2. The Morgan fingerprint density at radius 2 is 2.37 bits per heavy atom. The molecule has 2 atom stereocenters. The van der Waals surface area contributed by atoms with Gasteiger partial charge in [0.05, 0.1) is 6.61 Å². The van der Waals surface area contributed by atoms with Crippen molar-refractivity contribution in [3.8, 4) is 0 Å². The van der Waals surface area contributed by atoms with E-state index in [1.807, 2.05) is 37.0 Å². The van der Waals surface area contributed by atoms with E-state index in [2.05, 4.69) is 11.4 Å². The molecule has 2 unspecified atom stereocenters. The van der Waals surface area contributed by atoms with E-state index in [-0.39, 0.29) is 12.1 Å². The van der Waals surface area contributed by atoms with E-state index in [1.54, 1.807) is 0 Å². The van der Waals surface area contributed by atoms with Gasteiger partial charge in [0.15, 0.2) is 0 Å². The summed E-state index contributed by atoms with van der Waals surface area (Å²) in [7, 11) is 1.97. The Morgan fingerprint density at radius 1 is 1.53 bits per heavy atom.